The zero-order valence-electron chi connectivity index (χ0n) is 10.5. The van der Waals surface area contributed by atoms with E-state index in [1.54, 1.807) is 12.1 Å². The van der Waals surface area contributed by atoms with Crippen LogP contribution in [0, 0.1) is 0 Å². The number of nitrogens with two attached hydrogens (primary N) is 1. The van der Waals surface area contributed by atoms with Gasteiger partial charge >= 0.3 is 0 Å². The lowest BCUT2D eigenvalue weighted by Crippen LogP contribution is -2.15. The van der Waals surface area contributed by atoms with Crippen LogP contribution in [0.5, 0.6) is 11.5 Å². The van der Waals surface area contributed by atoms with Gasteiger partial charge in [-0.05, 0) is 36.4 Å². The minimum atomic E-state index is -0.0840. The summed E-state index contributed by atoms with van der Waals surface area (Å²) in [4.78, 5) is 11.4. The summed E-state index contributed by atoms with van der Waals surface area (Å²) in [6.07, 6.45) is 0.322. The number of para-hydroxylation sites is 1. The van der Waals surface area contributed by atoms with E-state index in [4.69, 9.17) is 10.5 Å². The van der Waals surface area contributed by atoms with Gasteiger partial charge in [-0.1, -0.05) is 18.2 Å². The normalized spacial score (nSPS) is 9.95. The molecule has 0 spiro atoms. The number of hydrogen-bond donors (Lipinski definition) is 2. The SMILES string of the molecule is NCCC(=O)Nc1ccc(Oc2ccccc2)cc1. The molecule has 0 aromatic heterocycles. The van der Waals surface area contributed by atoms with E-state index in [1.807, 2.05) is 42.5 Å². The molecule has 0 heterocycles. The van der Waals surface area contributed by atoms with Crippen molar-refractivity contribution in [2.24, 2.45) is 5.73 Å². The van der Waals surface area contributed by atoms with Gasteiger partial charge in [0, 0.05) is 18.7 Å². The molecule has 4 nitrogen and oxygen atoms in total. The third kappa shape index (κ3) is 4.12. The number of rotatable bonds is 5. The van der Waals surface area contributed by atoms with Crippen LogP contribution in [0.4, 0.5) is 5.69 Å². The average molecular weight is 256 g/mol. The molecule has 0 saturated heterocycles. The Morgan fingerprint density at radius 1 is 1.00 bits per heavy atom. The van der Waals surface area contributed by atoms with Crippen LogP contribution in [-0.4, -0.2) is 12.5 Å². The summed E-state index contributed by atoms with van der Waals surface area (Å²) in [6.45, 7) is 0.348. The maximum absolute atomic E-state index is 11.4. The molecule has 3 N–H and O–H groups in total. The molecule has 0 bridgehead atoms. The van der Waals surface area contributed by atoms with Gasteiger partial charge in [-0.25, -0.2) is 0 Å². The molecule has 0 aliphatic rings. The van der Waals surface area contributed by atoms with Crippen LogP contribution in [0.25, 0.3) is 0 Å². The average Bonchev–Trinajstić information content (AvgIpc) is 2.42. The molecule has 2 aromatic rings. The highest BCUT2D eigenvalue weighted by Gasteiger charge is 2.01. The van der Waals surface area contributed by atoms with Crippen LogP contribution >= 0.6 is 0 Å². The Labute approximate surface area is 112 Å². The van der Waals surface area contributed by atoms with Gasteiger partial charge in [-0.3, -0.25) is 4.79 Å². The third-order valence-corrected chi connectivity index (χ3v) is 2.49. The molecule has 0 saturated carbocycles. The number of ether oxygens (including phenoxy) is 1. The Kier molecular flexibility index (Phi) is 4.53. The predicted octanol–water partition coefficient (Wildman–Crippen LogP) is 2.77. The smallest absolute Gasteiger partial charge is 0.225 e. The van der Waals surface area contributed by atoms with Crippen molar-refractivity contribution in [2.75, 3.05) is 11.9 Å². The molecule has 0 unspecified atom stereocenters. The van der Waals surface area contributed by atoms with Gasteiger partial charge in [0.1, 0.15) is 11.5 Å². The Morgan fingerprint density at radius 2 is 1.63 bits per heavy atom. The number of anilines is 1. The first kappa shape index (κ1) is 13.1. The largest absolute Gasteiger partial charge is 0.457 e. The molecule has 0 aliphatic heterocycles. The van der Waals surface area contributed by atoms with Crippen LogP contribution in [0.2, 0.25) is 0 Å². The fourth-order valence-corrected chi connectivity index (χ4v) is 1.59. The highest BCUT2D eigenvalue weighted by Crippen LogP contribution is 2.22. The van der Waals surface area contributed by atoms with Crippen molar-refractivity contribution in [3.63, 3.8) is 0 Å². The van der Waals surface area contributed by atoms with Crippen LogP contribution in [-0.2, 0) is 4.79 Å². The molecule has 0 fully saturated rings. The lowest BCUT2D eigenvalue weighted by atomic mass is 10.3. The second-order valence-corrected chi connectivity index (χ2v) is 4.03. The number of benzene rings is 2. The van der Waals surface area contributed by atoms with E-state index < -0.39 is 0 Å². The maximum Gasteiger partial charge on any atom is 0.225 e. The standard InChI is InChI=1S/C15H16N2O2/c16-11-10-15(18)17-12-6-8-14(9-7-12)19-13-4-2-1-3-5-13/h1-9H,10-11,16H2,(H,17,18). The quantitative estimate of drug-likeness (QED) is 0.864. The molecule has 4 heteroatoms. The summed E-state index contributed by atoms with van der Waals surface area (Å²) >= 11 is 0. The van der Waals surface area contributed by atoms with E-state index >= 15 is 0 Å². The minimum Gasteiger partial charge on any atom is -0.457 e. The first-order valence-corrected chi connectivity index (χ1v) is 6.11. The first-order valence-electron chi connectivity index (χ1n) is 6.11. The summed E-state index contributed by atoms with van der Waals surface area (Å²) in [5.74, 6) is 1.42. The Hall–Kier alpha value is -2.33. The molecule has 2 aromatic carbocycles. The fourth-order valence-electron chi connectivity index (χ4n) is 1.59. The number of hydrogen-bond acceptors (Lipinski definition) is 3. The van der Waals surface area contributed by atoms with E-state index in [2.05, 4.69) is 5.32 Å². The zero-order valence-corrected chi connectivity index (χ0v) is 10.5. The molecule has 0 atom stereocenters. The molecular formula is C15H16N2O2. The van der Waals surface area contributed by atoms with E-state index in [0.717, 1.165) is 17.2 Å². The van der Waals surface area contributed by atoms with Crippen LogP contribution < -0.4 is 15.8 Å². The lowest BCUT2D eigenvalue weighted by Gasteiger charge is -2.07. The number of carbonyl (C=O) groups excluding carboxylic acids is 1. The van der Waals surface area contributed by atoms with Gasteiger partial charge < -0.3 is 15.8 Å². The van der Waals surface area contributed by atoms with Gasteiger partial charge in [0.2, 0.25) is 5.91 Å². The molecule has 0 aliphatic carbocycles. The third-order valence-electron chi connectivity index (χ3n) is 2.49. The Bertz CT molecular complexity index is 524. The van der Waals surface area contributed by atoms with Crippen LogP contribution in [0.1, 0.15) is 6.42 Å². The predicted molar refractivity (Wildman–Crippen MR) is 75.3 cm³/mol. The zero-order chi connectivity index (χ0) is 13.5. The van der Waals surface area contributed by atoms with Gasteiger partial charge in [-0.15, -0.1) is 0 Å². The fraction of sp³-hybridized carbons (Fsp3) is 0.133. The van der Waals surface area contributed by atoms with Crippen molar-refractivity contribution in [2.45, 2.75) is 6.42 Å². The van der Waals surface area contributed by atoms with Crippen LogP contribution in [0.3, 0.4) is 0 Å². The highest BCUT2D eigenvalue weighted by molar-refractivity contribution is 5.90. The van der Waals surface area contributed by atoms with Gasteiger partial charge in [0.25, 0.3) is 0 Å². The summed E-state index contributed by atoms with van der Waals surface area (Å²) < 4.78 is 5.65. The van der Waals surface area contributed by atoms with Gasteiger partial charge in [0.15, 0.2) is 0 Å². The van der Waals surface area contributed by atoms with Crippen molar-refractivity contribution in [1.82, 2.24) is 0 Å². The maximum atomic E-state index is 11.4. The summed E-state index contributed by atoms with van der Waals surface area (Å²) in [6, 6.07) is 16.7. The minimum absolute atomic E-state index is 0.0840. The number of amides is 1. The molecule has 0 radical (unpaired) electrons. The number of carbonyl (C=O) groups is 1. The summed E-state index contributed by atoms with van der Waals surface area (Å²) in [5, 5.41) is 2.76. The van der Waals surface area contributed by atoms with Gasteiger partial charge in [-0.2, -0.15) is 0 Å². The number of nitrogens with one attached hydrogen (secondary N) is 1. The topological polar surface area (TPSA) is 64.4 Å². The van der Waals surface area contributed by atoms with Crippen molar-refractivity contribution >= 4 is 11.6 Å². The van der Waals surface area contributed by atoms with Crippen molar-refractivity contribution in [1.29, 1.82) is 0 Å². The molecule has 19 heavy (non-hydrogen) atoms. The van der Waals surface area contributed by atoms with Crippen molar-refractivity contribution < 1.29 is 9.53 Å². The molecular weight excluding hydrogens is 240 g/mol. The molecule has 2 rings (SSSR count). The highest BCUT2D eigenvalue weighted by atomic mass is 16.5. The molecule has 1 amide bonds. The Balaban J connectivity index is 1.97. The monoisotopic (exact) mass is 256 g/mol. The van der Waals surface area contributed by atoms with E-state index in [-0.39, 0.29) is 5.91 Å². The van der Waals surface area contributed by atoms with E-state index in [0.29, 0.717) is 13.0 Å². The first-order chi connectivity index (χ1) is 9.28. The second kappa shape index (κ2) is 6.56. The van der Waals surface area contributed by atoms with E-state index in [1.165, 1.54) is 0 Å². The molecule has 98 valence electrons. The van der Waals surface area contributed by atoms with Crippen molar-refractivity contribution in [3.05, 3.63) is 54.6 Å². The van der Waals surface area contributed by atoms with E-state index in [9.17, 15) is 4.79 Å². The lowest BCUT2D eigenvalue weighted by molar-refractivity contribution is -0.116. The Morgan fingerprint density at radius 3 is 2.26 bits per heavy atom. The van der Waals surface area contributed by atoms with Gasteiger partial charge in [0.05, 0.1) is 0 Å². The summed E-state index contributed by atoms with van der Waals surface area (Å²) in [7, 11) is 0. The van der Waals surface area contributed by atoms with Crippen molar-refractivity contribution in [3.8, 4) is 11.5 Å². The second-order valence-electron chi connectivity index (χ2n) is 4.03. The summed E-state index contributed by atoms with van der Waals surface area (Å²) in [5.41, 5.74) is 6.05. The van der Waals surface area contributed by atoms with Crippen LogP contribution in [0.15, 0.2) is 54.6 Å².